The third-order valence-electron chi connectivity index (χ3n) is 3.18. The van der Waals surface area contributed by atoms with Crippen molar-refractivity contribution in [3.05, 3.63) is 71.0 Å². The predicted molar refractivity (Wildman–Crippen MR) is 82.6 cm³/mol. The molecule has 0 saturated heterocycles. The molecule has 0 fully saturated rings. The third-order valence-corrected chi connectivity index (χ3v) is 3.51. The Bertz CT molecular complexity index is 783. The molecular formula is C16H13ClFN3. The molecule has 3 aromatic rings. The average Bonchev–Trinajstić information content (AvgIpc) is 2.80. The van der Waals surface area contributed by atoms with Gasteiger partial charge in [0.2, 0.25) is 0 Å². The van der Waals surface area contributed by atoms with Gasteiger partial charge in [0, 0.05) is 11.6 Å². The van der Waals surface area contributed by atoms with Crippen molar-refractivity contribution in [2.75, 3.05) is 5.73 Å². The largest absolute Gasteiger partial charge is 0.384 e. The van der Waals surface area contributed by atoms with E-state index >= 15 is 0 Å². The summed E-state index contributed by atoms with van der Waals surface area (Å²) in [7, 11) is 0. The zero-order valence-corrected chi connectivity index (χ0v) is 11.9. The van der Waals surface area contributed by atoms with Crippen molar-refractivity contribution >= 4 is 17.4 Å². The van der Waals surface area contributed by atoms with E-state index in [0.717, 1.165) is 11.1 Å². The maximum atomic E-state index is 13.2. The van der Waals surface area contributed by atoms with Crippen molar-refractivity contribution < 1.29 is 4.39 Å². The Balaban J connectivity index is 1.93. The fourth-order valence-corrected chi connectivity index (χ4v) is 2.40. The van der Waals surface area contributed by atoms with Gasteiger partial charge in [-0.1, -0.05) is 41.9 Å². The molecule has 0 spiro atoms. The highest BCUT2D eigenvalue weighted by Gasteiger charge is 2.10. The molecule has 0 aliphatic rings. The predicted octanol–water partition coefficient (Wildman–Crippen LogP) is 3.97. The maximum absolute atomic E-state index is 13.2. The highest BCUT2D eigenvalue weighted by Crippen LogP contribution is 2.27. The van der Waals surface area contributed by atoms with Crippen LogP contribution in [0.4, 0.5) is 10.2 Å². The minimum atomic E-state index is -0.274. The van der Waals surface area contributed by atoms with Gasteiger partial charge in [0.05, 0.1) is 17.3 Å². The Morgan fingerprint density at radius 2 is 1.90 bits per heavy atom. The van der Waals surface area contributed by atoms with Crippen LogP contribution in [0.25, 0.3) is 11.3 Å². The van der Waals surface area contributed by atoms with Crippen molar-refractivity contribution in [3.8, 4) is 11.3 Å². The van der Waals surface area contributed by atoms with Crippen molar-refractivity contribution in [1.29, 1.82) is 0 Å². The lowest BCUT2D eigenvalue weighted by Gasteiger charge is -2.04. The molecule has 0 saturated carbocycles. The number of hydrogen-bond donors (Lipinski definition) is 1. The topological polar surface area (TPSA) is 43.8 Å². The van der Waals surface area contributed by atoms with E-state index in [9.17, 15) is 4.39 Å². The monoisotopic (exact) mass is 301 g/mol. The molecule has 1 heterocycles. The summed E-state index contributed by atoms with van der Waals surface area (Å²) in [6.45, 7) is 0.411. The molecule has 0 bridgehead atoms. The molecule has 0 atom stereocenters. The maximum Gasteiger partial charge on any atom is 0.123 e. The van der Waals surface area contributed by atoms with Crippen LogP contribution in [0.2, 0.25) is 5.02 Å². The molecule has 0 unspecified atom stereocenters. The highest BCUT2D eigenvalue weighted by atomic mass is 35.5. The van der Waals surface area contributed by atoms with Gasteiger partial charge in [-0.05, 0) is 23.8 Å². The molecule has 2 N–H and O–H groups in total. The summed E-state index contributed by atoms with van der Waals surface area (Å²) in [4.78, 5) is 0. The van der Waals surface area contributed by atoms with Crippen LogP contribution in [0.5, 0.6) is 0 Å². The van der Waals surface area contributed by atoms with Crippen LogP contribution in [-0.4, -0.2) is 9.78 Å². The summed E-state index contributed by atoms with van der Waals surface area (Å²) in [5.74, 6) is 0.235. The van der Waals surface area contributed by atoms with E-state index < -0.39 is 0 Å². The van der Waals surface area contributed by atoms with E-state index in [1.165, 1.54) is 12.1 Å². The van der Waals surface area contributed by atoms with E-state index in [1.807, 2.05) is 24.3 Å². The van der Waals surface area contributed by atoms with Crippen LogP contribution in [0, 0.1) is 5.82 Å². The van der Waals surface area contributed by atoms with Crippen LogP contribution in [-0.2, 0) is 6.54 Å². The molecule has 106 valence electrons. The Morgan fingerprint density at radius 1 is 1.10 bits per heavy atom. The molecule has 21 heavy (non-hydrogen) atoms. The SMILES string of the molecule is Nc1cc(-c2ccccc2Cl)nn1Cc1cccc(F)c1. The number of aromatic nitrogens is 2. The van der Waals surface area contributed by atoms with Crippen molar-refractivity contribution in [2.24, 2.45) is 0 Å². The van der Waals surface area contributed by atoms with E-state index in [1.54, 1.807) is 22.9 Å². The first-order valence-electron chi connectivity index (χ1n) is 6.46. The number of nitrogens with zero attached hydrogens (tertiary/aromatic N) is 2. The number of halogens is 2. The van der Waals surface area contributed by atoms with Gasteiger partial charge < -0.3 is 5.73 Å². The van der Waals surface area contributed by atoms with E-state index in [2.05, 4.69) is 5.10 Å². The van der Waals surface area contributed by atoms with Gasteiger partial charge in [0.15, 0.2) is 0 Å². The molecule has 0 amide bonds. The van der Waals surface area contributed by atoms with Crippen LogP contribution in [0.3, 0.4) is 0 Å². The van der Waals surface area contributed by atoms with Gasteiger partial charge in [-0.2, -0.15) is 5.10 Å². The zero-order chi connectivity index (χ0) is 14.8. The lowest BCUT2D eigenvalue weighted by Crippen LogP contribution is -2.06. The number of nitrogens with two attached hydrogens (primary N) is 1. The fraction of sp³-hybridized carbons (Fsp3) is 0.0625. The molecule has 5 heteroatoms. The average molecular weight is 302 g/mol. The van der Waals surface area contributed by atoms with Crippen LogP contribution in [0.15, 0.2) is 54.6 Å². The number of rotatable bonds is 3. The molecule has 1 aromatic heterocycles. The summed E-state index contributed by atoms with van der Waals surface area (Å²) >= 11 is 6.16. The van der Waals surface area contributed by atoms with Gasteiger partial charge in [0.1, 0.15) is 11.6 Å². The Kier molecular flexibility index (Phi) is 3.62. The number of nitrogen functional groups attached to an aromatic ring is 1. The summed E-state index contributed by atoms with van der Waals surface area (Å²) in [6.07, 6.45) is 0. The number of hydrogen-bond acceptors (Lipinski definition) is 2. The summed E-state index contributed by atoms with van der Waals surface area (Å²) in [5, 5.41) is 5.07. The van der Waals surface area contributed by atoms with Crippen LogP contribution in [0.1, 0.15) is 5.56 Å². The Labute approximate surface area is 126 Å². The number of benzene rings is 2. The summed E-state index contributed by atoms with van der Waals surface area (Å²) in [6, 6.07) is 15.6. The molecule has 3 nitrogen and oxygen atoms in total. The molecule has 2 aromatic carbocycles. The van der Waals surface area contributed by atoms with Gasteiger partial charge in [-0.25, -0.2) is 9.07 Å². The summed E-state index contributed by atoms with van der Waals surface area (Å²) < 4.78 is 14.8. The number of anilines is 1. The van der Waals surface area contributed by atoms with E-state index in [-0.39, 0.29) is 5.82 Å². The molecule has 0 aliphatic carbocycles. The van der Waals surface area contributed by atoms with Gasteiger partial charge >= 0.3 is 0 Å². The highest BCUT2D eigenvalue weighted by molar-refractivity contribution is 6.33. The standard InChI is InChI=1S/C16H13ClFN3/c17-14-7-2-1-6-13(14)15-9-16(19)21(20-15)10-11-4-3-5-12(18)8-11/h1-9H,10,19H2. The zero-order valence-electron chi connectivity index (χ0n) is 11.1. The minimum Gasteiger partial charge on any atom is -0.384 e. The van der Waals surface area contributed by atoms with Gasteiger partial charge in [0.25, 0.3) is 0 Å². The van der Waals surface area contributed by atoms with Crippen molar-refractivity contribution in [2.45, 2.75) is 6.54 Å². The Hall–Kier alpha value is -2.33. The second-order valence-corrected chi connectivity index (χ2v) is 5.13. The van der Waals surface area contributed by atoms with Gasteiger partial charge in [-0.15, -0.1) is 0 Å². The normalized spacial score (nSPS) is 10.8. The second-order valence-electron chi connectivity index (χ2n) is 4.72. The van der Waals surface area contributed by atoms with Crippen molar-refractivity contribution in [3.63, 3.8) is 0 Å². The third kappa shape index (κ3) is 2.90. The summed E-state index contributed by atoms with van der Waals surface area (Å²) in [5.41, 5.74) is 8.31. The van der Waals surface area contributed by atoms with E-state index in [4.69, 9.17) is 17.3 Å². The lowest BCUT2D eigenvalue weighted by atomic mass is 10.1. The quantitative estimate of drug-likeness (QED) is 0.795. The second kappa shape index (κ2) is 5.58. The molecule has 0 aliphatic heterocycles. The fourth-order valence-electron chi connectivity index (χ4n) is 2.17. The van der Waals surface area contributed by atoms with Crippen LogP contribution >= 0.6 is 11.6 Å². The van der Waals surface area contributed by atoms with Crippen LogP contribution < -0.4 is 5.73 Å². The first-order valence-corrected chi connectivity index (χ1v) is 6.84. The minimum absolute atomic E-state index is 0.274. The van der Waals surface area contributed by atoms with Crippen molar-refractivity contribution in [1.82, 2.24) is 9.78 Å². The smallest absolute Gasteiger partial charge is 0.123 e. The molecule has 0 radical (unpaired) electrons. The van der Waals surface area contributed by atoms with Gasteiger partial charge in [-0.3, -0.25) is 0 Å². The Morgan fingerprint density at radius 3 is 2.67 bits per heavy atom. The lowest BCUT2D eigenvalue weighted by molar-refractivity contribution is 0.620. The van der Waals surface area contributed by atoms with E-state index in [0.29, 0.717) is 23.1 Å². The first-order chi connectivity index (χ1) is 10.1. The molecule has 3 rings (SSSR count). The first kappa shape index (κ1) is 13.6. The molecular weight excluding hydrogens is 289 g/mol.